The van der Waals surface area contributed by atoms with Crippen molar-refractivity contribution in [3.05, 3.63) is 65.7 Å². The monoisotopic (exact) mass is 300 g/mol. The Morgan fingerprint density at radius 1 is 1.00 bits per heavy atom. The number of hydrogen-bond acceptors (Lipinski definition) is 3. The number of benzene rings is 2. The van der Waals surface area contributed by atoms with Crippen LogP contribution in [0.15, 0.2) is 54.6 Å². The lowest BCUT2D eigenvalue weighted by Gasteiger charge is -2.18. The van der Waals surface area contributed by atoms with Crippen LogP contribution in [0.3, 0.4) is 0 Å². The average Bonchev–Trinajstić information content (AvgIpc) is 2.57. The first-order valence-corrected chi connectivity index (χ1v) is 7.65. The third kappa shape index (κ3) is 5.24. The van der Waals surface area contributed by atoms with Crippen molar-refractivity contribution >= 4 is 5.97 Å². The van der Waals surface area contributed by atoms with E-state index in [4.69, 9.17) is 9.47 Å². The van der Waals surface area contributed by atoms with Gasteiger partial charge in [-0.1, -0.05) is 61.9 Å². The Morgan fingerprint density at radius 3 is 2.14 bits per heavy atom. The summed E-state index contributed by atoms with van der Waals surface area (Å²) in [7, 11) is 0. The molecule has 0 spiro atoms. The molecule has 0 bridgehead atoms. The third-order valence-corrected chi connectivity index (χ3v) is 2.88. The molecule has 0 aliphatic rings. The fraction of sp³-hybridized carbons (Fsp3) is 0.316. The summed E-state index contributed by atoms with van der Waals surface area (Å²) < 4.78 is 10.9. The van der Waals surface area contributed by atoms with Crippen molar-refractivity contribution in [3.63, 3.8) is 0 Å². The van der Waals surface area contributed by atoms with Gasteiger partial charge in [0.15, 0.2) is 0 Å². The SMILES string of the molecule is CC.CCOC(=O)C(Oc1ccc(C)cc1)c1ccccc1. The van der Waals surface area contributed by atoms with E-state index >= 15 is 0 Å². The standard InChI is InChI=1S/C17H18O3.C2H6/c1-3-19-17(18)16(14-7-5-4-6-8-14)20-15-11-9-13(2)10-12-15;1-2/h4-12,16H,3H2,1-2H3;1-2H3. The maximum atomic E-state index is 12.1. The molecule has 2 aromatic carbocycles. The molecule has 118 valence electrons. The van der Waals surface area contributed by atoms with E-state index < -0.39 is 6.10 Å². The molecule has 2 rings (SSSR count). The van der Waals surface area contributed by atoms with Crippen LogP contribution < -0.4 is 4.74 Å². The molecule has 2 aromatic rings. The van der Waals surface area contributed by atoms with Crippen LogP contribution >= 0.6 is 0 Å². The van der Waals surface area contributed by atoms with Crippen molar-refractivity contribution in [2.75, 3.05) is 6.61 Å². The Labute approximate surface area is 132 Å². The molecule has 0 fully saturated rings. The van der Waals surface area contributed by atoms with E-state index in [2.05, 4.69) is 0 Å². The van der Waals surface area contributed by atoms with E-state index in [9.17, 15) is 4.79 Å². The lowest BCUT2D eigenvalue weighted by molar-refractivity contribution is -0.151. The quantitative estimate of drug-likeness (QED) is 0.750. The van der Waals surface area contributed by atoms with Crippen molar-refractivity contribution in [2.24, 2.45) is 0 Å². The van der Waals surface area contributed by atoms with E-state index in [1.807, 2.05) is 75.4 Å². The summed E-state index contributed by atoms with van der Waals surface area (Å²) in [5.41, 5.74) is 1.93. The second-order valence-electron chi connectivity index (χ2n) is 4.47. The summed E-state index contributed by atoms with van der Waals surface area (Å²) in [5.74, 6) is 0.275. The molecule has 0 N–H and O–H groups in total. The van der Waals surface area contributed by atoms with Gasteiger partial charge in [0, 0.05) is 5.56 Å². The van der Waals surface area contributed by atoms with Crippen LogP contribution in [-0.4, -0.2) is 12.6 Å². The maximum Gasteiger partial charge on any atom is 0.352 e. The normalized spacial score (nSPS) is 10.9. The minimum atomic E-state index is -0.737. The molecule has 0 radical (unpaired) electrons. The summed E-state index contributed by atoms with van der Waals surface area (Å²) in [4.78, 5) is 12.1. The molecule has 3 nitrogen and oxygen atoms in total. The number of carbonyl (C=O) groups excluding carboxylic acids is 1. The minimum Gasteiger partial charge on any atom is -0.474 e. The van der Waals surface area contributed by atoms with Gasteiger partial charge in [-0.05, 0) is 26.0 Å². The smallest absolute Gasteiger partial charge is 0.352 e. The molecular formula is C19H24O3. The third-order valence-electron chi connectivity index (χ3n) is 2.88. The van der Waals surface area contributed by atoms with Crippen molar-refractivity contribution in [3.8, 4) is 5.75 Å². The van der Waals surface area contributed by atoms with E-state index in [1.165, 1.54) is 0 Å². The van der Waals surface area contributed by atoms with Crippen molar-refractivity contribution < 1.29 is 14.3 Å². The largest absolute Gasteiger partial charge is 0.474 e. The van der Waals surface area contributed by atoms with Crippen LogP contribution in [0, 0.1) is 6.92 Å². The van der Waals surface area contributed by atoms with Gasteiger partial charge < -0.3 is 9.47 Å². The van der Waals surface area contributed by atoms with Gasteiger partial charge in [0.25, 0.3) is 0 Å². The van der Waals surface area contributed by atoms with Crippen LogP contribution in [0.1, 0.15) is 38.0 Å². The Morgan fingerprint density at radius 2 is 1.59 bits per heavy atom. The Hall–Kier alpha value is -2.29. The topological polar surface area (TPSA) is 35.5 Å². The Balaban J connectivity index is 0.00000116. The lowest BCUT2D eigenvalue weighted by Crippen LogP contribution is -2.21. The highest BCUT2D eigenvalue weighted by Crippen LogP contribution is 2.23. The molecule has 1 unspecified atom stereocenters. The van der Waals surface area contributed by atoms with E-state index in [0.717, 1.165) is 11.1 Å². The van der Waals surface area contributed by atoms with Gasteiger partial charge in [-0.2, -0.15) is 0 Å². The number of esters is 1. The zero-order valence-electron chi connectivity index (χ0n) is 13.7. The van der Waals surface area contributed by atoms with Crippen molar-refractivity contribution in [1.82, 2.24) is 0 Å². The first kappa shape index (κ1) is 17.8. The van der Waals surface area contributed by atoms with Gasteiger partial charge in [0.2, 0.25) is 6.10 Å². The zero-order chi connectivity index (χ0) is 16.4. The van der Waals surface area contributed by atoms with Crippen LogP contribution in [-0.2, 0) is 9.53 Å². The van der Waals surface area contributed by atoms with E-state index in [-0.39, 0.29) is 5.97 Å². The maximum absolute atomic E-state index is 12.1. The molecule has 0 amide bonds. The average molecular weight is 300 g/mol. The Bertz CT molecular complexity index is 547. The predicted octanol–water partition coefficient (Wildman–Crippen LogP) is 4.70. The second-order valence-corrected chi connectivity index (χ2v) is 4.47. The highest BCUT2D eigenvalue weighted by Gasteiger charge is 2.23. The van der Waals surface area contributed by atoms with Gasteiger partial charge in [-0.25, -0.2) is 4.79 Å². The molecule has 0 heterocycles. The fourth-order valence-corrected chi connectivity index (χ4v) is 1.85. The predicted molar refractivity (Wildman–Crippen MR) is 89.0 cm³/mol. The molecule has 0 saturated heterocycles. The van der Waals surface area contributed by atoms with Crippen molar-refractivity contribution in [2.45, 2.75) is 33.8 Å². The minimum absolute atomic E-state index is 0.333. The first-order valence-electron chi connectivity index (χ1n) is 7.65. The molecule has 22 heavy (non-hydrogen) atoms. The van der Waals surface area contributed by atoms with Gasteiger partial charge >= 0.3 is 5.97 Å². The molecule has 0 aliphatic carbocycles. The van der Waals surface area contributed by atoms with E-state index in [0.29, 0.717) is 12.4 Å². The number of hydrogen-bond donors (Lipinski definition) is 0. The molecule has 0 aliphatic heterocycles. The van der Waals surface area contributed by atoms with Crippen LogP contribution in [0.2, 0.25) is 0 Å². The fourth-order valence-electron chi connectivity index (χ4n) is 1.85. The number of aryl methyl sites for hydroxylation is 1. The van der Waals surface area contributed by atoms with Gasteiger partial charge in [0.1, 0.15) is 5.75 Å². The number of carbonyl (C=O) groups is 1. The molecule has 3 heteroatoms. The van der Waals surface area contributed by atoms with Crippen LogP contribution in [0.25, 0.3) is 0 Å². The van der Waals surface area contributed by atoms with Crippen molar-refractivity contribution in [1.29, 1.82) is 0 Å². The van der Waals surface area contributed by atoms with Crippen LogP contribution in [0.5, 0.6) is 5.75 Å². The van der Waals surface area contributed by atoms with Gasteiger partial charge in [0.05, 0.1) is 6.61 Å². The number of rotatable bonds is 5. The zero-order valence-corrected chi connectivity index (χ0v) is 13.7. The lowest BCUT2D eigenvalue weighted by atomic mass is 10.1. The summed E-state index contributed by atoms with van der Waals surface area (Å²) in [6.07, 6.45) is -0.737. The summed E-state index contributed by atoms with van der Waals surface area (Å²) in [5, 5.41) is 0. The molecule has 0 saturated carbocycles. The van der Waals surface area contributed by atoms with Gasteiger partial charge in [-0.3, -0.25) is 0 Å². The second kappa shape index (κ2) is 9.61. The molecule has 0 aromatic heterocycles. The number of ether oxygens (including phenoxy) is 2. The first-order chi connectivity index (χ1) is 10.7. The van der Waals surface area contributed by atoms with Gasteiger partial charge in [-0.15, -0.1) is 0 Å². The highest BCUT2D eigenvalue weighted by molar-refractivity contribution is 5.77. The highest BCUT2D eigenvalue weighted by atomic mass is 16.6. The Kier molecular flexibility index (Phi) is 7.76. The molecular weight excluding hydrogens is 276 g/mol. The summed E-state index contributed by atoms with van der Waals surface area (Å²) in [6.45, 7) is 8.12. The van der Waals surface area contributed by atoms with Crippen LogP contribution in [0.4, 0.5) is 0 Å². The molecule has 1 atom stereocenters. The van der Waals surface area contributed by atoms with E-state index in [1.54, 1.807) is 6.92 Å². The summed E-state index contributed by atoms with van der Waals surface area (Å²) >= 11 is 0. The summed E-state index contributed by atoms with van der Waals surface area (Å²) in [6, 6.07) is 17.0.